The van der Waals surface area contributed by atoms with E-state index in [0.29, 0.717) is 0 Å². The van der Waals surface area contributed by atoms with Gasteiger partial charge in [-0.25, -0.2) is 0 Å². The molecule has 4 nitrogen and oxygen atoms in total. The van der Waals surface area contributed by atoms with E-state index in [1.807, 2.05) is 6.92 Å². The Bertz CT molecular complexity index is 342. The second kappa shape index (κ2) is 4.81. The molecule has 0 fully saturated rings. The van der Waals surface area contributed by atoms with Crippen molar-refractivity contribution in [1.82, 2.24) is 0 Å². The summed E-state index contributed by atoms with van der Waals surface area (Å²) in [6.07, 6.45) is 0.995. The second-order valence-electron chi connectivity index (χ2n) is 2.85. The lowest BCUT2D eigenvalue weighted by molar-refractivity contribution is -0.384. The third-order valence-corrected chi connectivity index (χ3v) is 2.03. The average molecular weight is 215 g/mol. The Morgan fingerprint density at radius 3 is 2.79 bits per heavy atom. The van der Waals surface area contributed by atoms with Gasteiger partial charge < -0.3 is 5.32 Å². The second-order valence-corrected chi connectivity index (χ2v) is 3.26. The first kappa shape index (κ1) is 10.8. The molecule has 0 aliphatic heterocycles. The topological polar surface area (TPSA) is 55.2 Å². The predicted octanol–water partition coefficient (Wildman–Crippen LogP) is 3.07. The van der Waals surface area contributed by atoms with Crippen LogP contribution in [-0.4, -0.2) is 11.5 Å². The van der Waals surface area contributed by atoms with Crippen LogP contribution in [0.5, 0.6) is 0 Å². The molecule has 0 aliphatic carbocycles. The van der Waals surface area contributed by atoms with E-state index in [9.17, 15) is 10.1 Å². The maximum atomic E-state index is 10.4. The molecule has 1 N–H and O–H groups in total. The Morgan fingerprint density at radius 2 is 2.29 bits per heavy atom. The lowest BCUT2D eigenvalue weighted by atomic mass is 10.3. The zero-order valence-corrected chi connectivity index (χ0v) is 8.54. The summed E-state index contributed by atoms with van der Waals surface area (Å²) < 4.78 is 0. The van der Waals surface area contributed by atoms with Crippen molar-refractivity contribution in [2.75, 3.05) is 11.9 Å². The Labute approximate surface area is 87.0 Å². The molecule has 0 atom stereocenters. The fourth-order valence-electron chi connectivity index (χ4n) is 1.03. The number of halogens is 1. The van der Waals surface area contributed by atoms with Crippen molar-refractivity contribution in [3.8, 4) is 0 Å². The molecule has 1 aromatic carbocycles. The van der Waals surface area contributed by atoms with Crippen molar-refractivity contribution >= 4 is 23.0 Å². The first-order valence-electron chi connectivity index (χ1n) is 4.33. The van der Waals surface area contributed by atoms with E-state index in [0.717, 1.165) is 18.7 Å². The zero-order chi connectivity index (χ0) is 10.6. The number of nitrogens with one attached hydrogen (secondary N) is 1. The maximum absolute atomic E-state index is 10.4. The normalized spacial score (nSPS) is 9.86. The summed E-state index contributed by atoms with van der Waals surface area (Å²) in [4.78, 5) is 9.95. The molecule has 0 aliphatic rings. The van der Waals surface area contributed by atoms with Gasteiger partial charge in [-0.3, -0.25) is 10.1 Å². The molecular formula is C9H11ClN2O2. The smallest absolute Gasteiger partial charge is 0.288 e. The molecule has 1 aromatic rings. The molecule has 14 heavy (non-hydrogen) atoms. The van der Waals surface area contributed by atoms with Crippen molar-refractivity contribution < 1.29 is 4.92 Å². The van der Waals surface area contributed by atoms with Crippen molar-refractivity contribution in [3.63, 3.8) is 0 Å². The molecule has 76 valence electrons. The van der Waals surface area contributed by atoms with Gasteiger partial charge in [0.25, 0.3) is 5.69 Å². The summed E-state index contributed by atoms with van der Waals surface area (Å²) in [6, 6.07) is 4.62. The quantitative estimate of drug-likeness (QED) is 0.619. The molecule has 0 unspecified atom stereocenters. The number of hydrogen-bond acceptors (Lipinski definition) is 3. The summed E-state index contributed by atoms with van der Waals surface area (Å²) in [7, 11) is 0. The predicted molar refractivity (Wildman–Crippen MR) is 56.9 cm³/mol. The molecule has 0 heterocycles. The maximum Gasteiger partial charge on any atom is 0.288 e. The molecule has 5 heteroatoms. The van der Waals surface area contributed by atoms with Gasteiger partial charge in [-0.15, -0.1) is 0 Å². The molecule has 0 amide bonds. The van der Waals surface area contributed by atoms with Crippen molar-refractivity contribution in [3.05, 3.63) is 33.3 Å². The van der Waals surface area contributed by atoms with Gasteiger partial charge >= 0.3 is 0 Å². The van der Waals surface area contributed by atoms with Crippen LogP contribution < -0.4 is 5.32 Å². The number of nitro groups is 1. The first-order chi connectivity index (χ1) is 6.65. The summed E-state index contributed by atoms with van der Waals surface area (Å²) in [5.74, 6) is 0. The SMILES string of the molecule is CCCNc1ccc([N+](=O)[O-])c(Cl)c1. The van der Waals surface area contributed by atoms with Gasteiger partial charge in [0.1, 0.15) is 5.02 Å². The summed E-state index contributed by atoms with van der Waals surface area (Å²) in [5, 5.41) is 13.7. The van der Waals surface area contributed by atoms with Gasteiger partial charge in [0, 0.05) is 18.3 Å². The zero-order valence-electron chi connectivity index (χ0n) is 7.79. The van der Waals surface area contributed by atoms with Gasteiger partial charge in [-0.1, -0.05) is 18.5 Å². The van der Waals surface area contributed by atoms with E-state index in [4.69, 9.17) is 11.6 Å². The van der Waals surface area contributed by atoms with Crippen LogP contribution in [0, 0.1) is 10.1 Å². The fraction of sp³-hybridized carbons (Fsp3) is 0.333. The Kier molecular flexibility index (Phi) is 3.71. The molecular weight excluding hydrogens is 204 g/mol. The van der Waals surface area contributed by atoms with Gasteiger partial charge in [-0.2, -0.15) is 0 Å². The monoisotopic (exact) mass is 214 g/mol. The fourth-order valence-corrected chi connectivity index (χ4v) is 1.28. The third kappa shape index (κ3) is 2.60. The number of rotatable bonds is 4. The van der Waals surface area contributed by atoms with E-state index in [2.05, 4.69) is 5.32 Å². The van der Waals surface area contributed by atoms with Crippen molar-refractivity contribution in [1.29, 1.82) is 0 Å². The van der Waals surface area contributed by atoms with E-state index < -0.39 is 4.92 Å². The van der Waals surface area contributed by atoms with Crippen LogP contribution >= 0.6 is 11.6 Å². The highest BCUT2D eigenvalue weighted by molar-refractivity contribution is 6.32. The summed E-state index contributed by atoms with van der Waals surface area (Å²) in [6.45, 7) is 2.87. The minimum Gasteiger partial charge on any atom is -0.385 e. The molecule has 0 spiro atoms. The number of nitrogens with zero attached hydrogens (tertiary/aromatic N) is 1. The van der Waals surface area contributed by atoms with Crippen molar-refractivity contribution in [2.24, 2.45) is 0 Å². The average Bonchev–Trinajstić information content (AvgIpc) is 2.14. The number of hydrogen-bond donors (Lipinski definition) is 1. The number of benzene rings is 1. The van der Waals surface area contributed by atoms with E-state index in [-0.39, 0.29) is 10.7 Å². The molecule has 0 radical (unpaired) electrons. The van der Waals surface area contributed by atoms with E-state index in [1.54, 1.807) is 12.1 Å². The molecule has 1 rings (SSSR count). The highest BCUT2D eigenvalue weighted by Gasteiger charge is 2.11. The molecule has 0 aromatic heterocycles. The van der Waals surface area contributed by atoms with Crippen molar-refractivity contribution in [2.45, 2.75) is 13.3 Å². The Hall–Kier alpha value is -1.29. The Morgan fingerprint density at radius 1 is 1.57 bits per heavy atom. The van der Waals surface area contributed by atoms with Crippen LogP contribution in [-0.2, 0) is 0 Å². The molecule has 0 saturated heterocycles. The van der Waals surface area contributed by atoms with Gasteiger partial charge in [0.05, 0.1) is 4.92 Å². The lowest BCUT2D eigenvalue weighted by Crippen LogP contribution is -1.99. The van der Waals surface area contributed by atoms with Crippen LogP contribution in [0.4, 0.5) is 11.4 Å². The first-order valence-corrected chi connectivity index (χ1v) is 4.70. The van der Waals surface area contributed by atoms with Crippen LogP contribution in [0.3, 0.4) is 0 Å². The van der Waals surface area contributed by atoms with Gasteiger partial charge in [0.2, 0.25) is 0 Å². The van der Waals surface area contributed by atoms with Crippen LogP contribution in [0.1, 0.15) is 13.3 Å². The Balaban J connectivity index is 2.83. The van der Waals surface area contributed by atoms with Crippen LogP contribution in [0.15, 0.2) is 18.2 Å². The third-order valence-electron chi connectivity index (χ3n) is 1.72. The van der Waals surface area contributed by atoms with Crippen LogP contribution in [0.25, 0.3) is 0 Å². The standard InChI is InChI=1S/C9H11ClN2O2/c1-2-5-11-7-3-4-9(12(13)14)8(10)6-7/h3-4,6,11H,2,5H2,1H3. The largest absolute Gasteiger partial charge is 0.385 e. The highest BCUT2D eigenvalue weighted by atomic mass is 35.5. The highest BCUT2D eigenvalue weighted by Crippen LogP contribution is 2.26. The minimum atomic E-state index is -0.494. The number of nitro benzene ring substituents is 1. The van der Waals surface area contributed by atoms with Gasteiger partial charge in [0.15, 0.2) is 0 Å². The lowest BCUT2D eigenvalue weighted by Gasteiger charge is -2.04. The van der Waals surface area contributed by atoms with Gasteiger partial charge in [-0.05, 0) is 18.6 Å². The van der Waals surface area contributed by atoms with E-state index >= 15 is 0 Å². The molecule has 0 saturated carbocycles. The molecule has 0 bridgehead atoms. The minimum absolute atomic E-state index is 0.0614. The van der Waals surface area contributed by atoms with Crippen LogP contribution in [0.2, 0.25) is 5.02 Å². The summed E-state index contributed by atoms with van der Waals surface area (Å²) >= 11 is 5.72. The number of anilines is 1. The van der Waals surface area contributed by atoms with E-state index in [1.165, 1.54) is 6.07 Å². The summed E-state index contributed by atoms with van der Waals surface area (Å²) in [5.41, 5.74) is 0.746.